The number of aryl methyl sites for hydroxylation is 1. The van der Waals surface area contributed by atoms with Crippen LogP contribution in [-0.4, -0.2) is 4.86 Å². The standard InChI is InChI=1S/C12H15BrS/c1-8(2)12(14)7-10-4-5-11(13)9(3)6-10/h4-6,8H,7H2,1-3H3. The Morgan fingerprint density at radius 3 is 2.57 bits per heavy atom. The lowest BCUT2D eigenvalue weighted by molar-refractivity contribution is 0.882. The molecule has 0 N–H and O–H groups in total. The van der Waals surface area contributed by atoms with Crippen molar-refractivity contribution >= 4 is 33.0 Å². The van der Waals surface area contributed by atoms with Crippen LogP contribution in [0.5, 0.6) is 0 Å². The van der Waals surface area contributed by atoms with E-state index in [1.807, 2.05) is 0 Å². The summed E-state index contributed by atoms with van der Waals surface area (Å²) in [5.41, 5.74) is 2.58. The van der Waals surface area contributed by atoms with E-state index in [-0.39, 0.29) is 0 Å². The van der Waals surface area contributed by atoms with Crippen molar-refractivity contribution in [3.63, 3.8) is 0 Å². The van der Waals surface area contributed by atoms with Crippen molar-refractivity contribution in [1.29, 1.82) is 0 Å². The zero-order valence-corrected chi connectivity index (χ0v) is 11.2. The van der Waals surface area contributed by atoms with Crippen molar-refractivity contribution < 1.29 is 0 Å². The average Bonchev–Trinajstić information content (AvgIpc) is 2.11. The summed E-state index contributed by atoms with van der Waals surface area (Å²) >= 11 is 8.82. The average molecular weight is 271 g/mol. The molecule has 14 heavy (non-hydrogen) atoms. The van der Waals surface area contributed by atoms with Gasteiger partial charge in [0.2, 0.25) is 0 Å². The van der Waals surface area contributed by atoms with Crippen LogP contribution in [-0.2, 0) is 6.42 Å². The topological polar surface area (TPSA) is 0 Å². The maximum Gasteiger partial charge on any atom is 0.0204 e. The van der Waals surface area contributed by atoms with Gasteiger partial charge in [0.25, 0.3) is 0 Å². The molecule has 0 saturated heterocycles. The van der Waals surface area contributed by atoms with Crippen molar-refractivity contribution in [2.75, 3.05) is 0 Å². The molecule has 0 saturated carbocycles. The van der Waals surface area contributed by atoms with Crippen molar-refractivity contribution in [2.24, 2.45) is 5.92 Å². The minimum absolute atomic E-state index is 0.494. The normalized spacial score (nSPS) is 10.6. The second-order valence-electron chi connectivity index (χ2n) is 3.88. The molecule has 0 fully saturated rings. The Labute approximate surface area is 99.8 Å². The van der Waals surface area contributed by atoms with Crippen LogP contribution in [0.1, 0.15) is 25.0 Å². The SMILES string of the molecule is Cc1cc(CC(=S)C(C)C)ccc1Br. The van der Waals surface area contributed by atoms with Gasteiger partial charge in [-0.05, 0) is 34.9 Å². The zero-order valence-electron chi connectivity index (χ0n) is 8.80. The highest BCUT2D eigenvalue weighted by atomic mass is 79.9. The number of halogens is 1. The zero-order chi connectivity index (χ0) is 10.7. The number of hydrogen-bond acceptors (Lipinski definition) is 1. The van der Waals surface area contributed by atoms with E-state index < -0.39 is 0 Å². The maximum atomic E-state index is 5.32. The van der Waals surface area contributed by atoms with Crippen LogP contribution >= 0.6 is 28.1 Å². The van der Waals surface area contributed by atoms with Crippen LogP contribution in [0.2, 0.25) is 0 Å². The van der Waals surface area contributed by atoms with Crippen LogP contribution in [0.15, 0.2) is 22.7 Å². The van der Waals surface area contributed by atoms with Crippen LogP contribution < -0.4 is 0 Å². The Bertz CT molecular complexity index is 342. The van der Waals surface area contributed by atoms with Gasteiger partial charge >= 0.3 is 0 Å². The van der Waals surface area contributed by atoms with Gasteiger partial charge in [-0.25, -0.2) is 0 Å². The molecule has 1 rings (SSSR count). The first-order chi connectivity index (χ1) is 6.50. The summed E-state index contributed by atoms with van der Waals surface area (Å²) in [4.78, 5) is 1.13. The van der Waals surface area contributed by atoms with Crippen molar-refractivity contribution in [3.8, 4) is 0 Å². The van der Waals surface area contributed by atoms with Crippen LogP contribution in [0.4, 0.5) is 0 Å². The largest absolute Gasteiger partial charge is 0.0890 e. The molecule has 76 valence electrons. The summed E-state index contributed by atoms with van der Waals surface area (Å²) in [6.07, 6.45) is 0.918. The Balaban J connectivity index is 2.78. The first-order valence-corrected chi connectivity index (χ1v) is 5.98. The van der Waals surface area contributed by atoms with E-state index in [4.69, 9.17) is 12.2 Å². The van der Waals surface area contributed by atoms with Crippen molar-refractivity contribution in [1.82, 2.24) is 0 Å². The molecule has 0 aromatic heterocycles. The highest BCUT2D eigenvalue weighted by Crippen LogP contribution is 2.18. The van der Waals surface area contributed by atoms with Crippen LogP contribution in [0.25, 0.3) is 0 Å². The molecule has 0 aliphatic heterocycles. The molecular formula is C12H15BrS. The predicted octanol–water partition coefficient (Wildman–Crippen LogP) is 4.33. The monoisotopic (exact) mass is 270 g/mol. The third-order valence-corrected chi connectivity index (χ3v) is 3.75. The van der Waals surface area contributed by atoms with Gasteiger partial charge in [0.15, 0.2) is 0 Å². The van der Waals surface area contributed by atoms with E-state index in [1.54, 1.807) is 0 Å². The lowest BCUT2D eigenvalue weighted by atomic mass is 10.0. The fourth-order valence-electron chi connectivity index (χ4n) is 1.22. The molecule has 0 aliphatic rings. The van der Waals surface area contributed by atoms with E-state index >= 15 is 0 Å². The van der Waals surface area contributed by atoms with Gasteiger partial charge in [-0.15, -0.1) is 0 Å². The van der Waals surface area contributed by atoms with Crippen molar-refractivity contribution in [3.05, 3.63) is 33.8 Å². The number of thiocarbonyl (C=S) groups is 1. The van der Waals surface area contributed by atoms with Gasteiger partial charge in [0.1, 0.15) is 0 Å². The Morgan fingerprint density at radius 1 is 1.43 bits per heavy atom. The molecule has 0 heterocycles. The Kier molecular flexibility index (Phi) is 4.27. The Hall–Kier alpha value is -0.210. The fourth-order valence-corrected chi connectivity index (χ4v) is 1.64. The predicted molar refractivity (Wildman–Crippen MR) is 70.0 cm³/mol. The molecule has 0 aliphatic carbocycles. The number of benzene rings is 1. The fraction of sp³-hybridized carbons (Fsp3) is 0.417. The summed E-state index contributed by atoms with van der Waals surface area (Å²) in [6, 6.07) is 6.41. The first-order valence-electron chi connectivity index (χ1n) is 4.78. The molecule has 0 spiro atoms. The molecular weight excluding hydrogens is 256 g/mol. The van der Waals surface area contributed by atoms with Gasteiger partial charge in [0.05, 0.1) is 0 Å². The molecule has 0 bridgehead atoms. The van der Waals surface area contributed by atoms with Gasteiger partial charge in [-0.1, -0.05) is 54.1 Å². The summed E-state index contributed by atoms with van der Waals surface area (Å²) < 4.78 is 1.16. The summed E-state index contributed by atoms with van der Waals surface area (Å²) in [5.74, 6) is 0.494. The molecule has 1 aromatic carbocycles. The molecule has 2 heteroatoms. The molecule has 0 atom stereocenters. The van der Waals surface area contributed by atoms with Gasteiger partial charge in [-0.3, -0.25) is 0 Å². The highest BCUT2D eigenvalue weighted by molar-refractivity contribution is 9.10. The Morgan fingerprint density at radius 2 is 2.07 bits per heavy atom. The third-order valence-electron chi connectivity index (χ3n) is 2.24. The van der Waals surface area contributed by atoms with Gasteiger partial charge in [0, 0.05) is 10.9 Å². The first kappa shape index (κ1) is 11.9. The number of rotatable bonds is 3. The second kappa shape index (κ2) is 5.04. The quantitative estimate of drug-likeness (QED) is 0.737. The molecule has 0 unspecified atom stereocenters. The summed E-state index contributed by atoms with van der Waals surface area (Å²) in [6.45, 7) is 6.40. The molecule has 0 amide bonds. The summed E-state index contributed by atoms with van der Waals surface area (Å²) in [5, 5.41) is 0. The second-order valence-corrected chi connectivity index (χ2v) is 5.26. The minimum atomic E-state index is 0.494. The summed E-state index contributed by atoms with van der Waals surface area (Å²) in [7, 11) is 0. The van der Waals surface area contributed by atoms with Gasteiger partial charge < -0.3 is 0 Å². The number of hydrogen-bond donors (Lipinski definition) is 0. The highest BCUT2D eigenvalue weighted by Gasteiger charge is 2.04. The van der Waals surface area contributed by atoms with E-state index in [2.05, 4.69) is 54.9 Å². The lowest BCUT2D eigenvalue weighted by Crippen LogP contribution is -2.07. The van der Waals surface area contributed by atoms with Crippen LogP contribution in [0, 0.1) is 12.8 Å². The van der Waals surface area contributed by atoms with E-state index in [0.717, 1.165) is 15.8 Å². The van der Waals surface area contributed by atoms with E-state index in [9.17, 15) is 0 Å². The van der Waals surface area contributed by atoms with E-state index in [1.165, 1.54) is 11.1 Å². The van der Waals surface area contributed by atoms with E-state index in [0.29, 0.717) is 5.92 Å². The van der Waals surface area contributed by atoms with Crippen LogP contribution in [0.3, 0.4) is 0 Å². The maximum absolute atomic E-state index is 5.32. The van der Waals surface area contributed by atoms with Gasteiger partial charge in [-0.2, -0.15) is 0 Å². The molecule has 0 nitrogen and oxygen atoms in total. The lowest BCUT2D eigenvalue weighted by Gasteiger charge is -2.08. The third kappa shape index (κ3) is 3.18. The molecule has 0 radical (unpaired) electrons. The molecule has 1 aromatic rings. The van der Waals surface area contributed by atoms with Crippen molar-refractivity contribution in [2.45, 2.75) is 27.2 Å². The minimum Gasteiger partial charge on any atom is -0.0890 e. The smallest absolute Gasteiger partial charge is 0.0204 e.